The third kappa shape index (κ3) is 4.78. The third-order valence-corrected chi connectivity index (χ3v) is 3.67. The number of hydrogen-bond acceptors (Lipinski definition) is 4. The summed E-state index contributed by atoms with van der Waals surface area (Å²) in [5.41, 5.74) is 2.93. The van der Waals surface area contributed by atoms with Gasteiger partial charge in [0.05, 0.1) is 10.4 Å². The number of aromatic nitrogens is 1. The molecule has 0 unspecified atom stereocenters. The summed E-state index contributed by atoms with van der Waals surface area (Å²) >= 11 is 7.67. The minimum absolute atomic E-state index is 0.0528. The molecule has 1 heterocycles. The van der Waals surface area contributed by atoms with Crippen molar-refractivity contribution in [2.45, 2.75) is 39.5 Å². The molecular weight excluding hydrogens is 292 g/mol. The molecule has 1 aromatic carbocycles. The molecule has 5 heteroatoms. The van der Waals surface area contributed by atoms with Crippen molar-refractivity contribution in [1.29, 1.82) is 0 Å². The van der Waals surface area contributed by atoms with Crippen LogP contribution in [0.25, 0.3) is 0 Å². The number of rotatable bonds is 5. The lowest BCUT2D eigenvalue weighted by atomic mass is 10.1. The molecule has 0 bridgehead atoms. The molecule has 0 fully saturated rings. The van der Waals surface area contributed by atoms with Gasteiger partial charge >= 0.3 is 0 Å². The Balaban J connectivity index is 2.07. The highest BCUT2D eigenvalue weighted by atomic mass is 35.5. The number of nitrogens with zero attached hydrogens (tertiary/aromatic N) is 1. The number of ether oxygens (including phenoxy) is 1. The second-order valence-corrected chi connectivity index (χ2v) is 7.02. The average molecular weight is 311 g/mol. The number of benzene rings is 1. The Morgan fingerprint density at radius 3 is 2.80 bits per heavy atom. The first-order chi connectivity index (χ1) is 9.44. The normalized spacial score (nSPS) is 11.6. The fraction of sp³-hybridized carbons (Fsp3) is 0.400. The molecular formula is C15H19ClN2OS. The van der Waals surface area contributed by atoms with Crippen LogP contribution in [-0.4, -0.2) is 10.5 Å². The van der Waals surface area contributed by atoms with Crippen LogP contribution in [-0.2, 0) is 13.2 Å². The van der Waals surface area contributed by atoms with E-state index in [0.29, 0.717) is 6.61 Å². The molecule has 1 aromatic heterocycles. The molecule has 3 nitrogen and oxygen atoms in total. The Bertz CT molecular complexity index is 549. The molecule has 0 aliphatic heterocycles. The minimum Gasteiger partial charge on any atom is -0.488 e. The lowest BCUT2D eigenvalue weighted by molar-refractivity contribution is 0.303. The summed E-state index contributed by atoms with van der Waals surface area (Å²) < 4.78 is 5.87. The van der Waals surface area contributed by atoms with Crippen molar-refractivity contribution in [3.63, 3.8) is 0 Å². The fourth-order valence-electron chi connectivity index (χ4n) is 1.65. The summed E-state index contributed by atoms with van der Waals surface area (Å²) in [6.07, 6.45) is 1.83. The van der Waals surface area contributed by atoms with Gasteiger partial charge in [-0.1, -0.05) is 11.6 Å². The first-order valence-electron chi connectivity index (χ1n) is 6.48. The number of hydrogen-bond donors (Lipinski definition) is 1. The van der Waals surface area contributed by atoms with Crippen molar-refractivity contribution < 1.29 is 4.74 Å². The zero-order valence-corrected chi connectivity index (χ0v) is 13.5. The summed E-state index contributed by atoms with van der Waals surface area (Å²) in [6, 6.07) is 5.72. The molecule has 0 radical (unpaired) electrons. The van der Waals surface area contributed by atoms with Gasteiger partial charge in [0.15, 0.2) is 0 Å². The van der Waals surface area contributed by atoms with Crippen molar-refractivity contribution in [2.24, 2.45) is 0 Å². The zero-order chi connectivity index (χ0) is 14.6. The van der Waals surface area contributed by atoms with Crippen LogP contribution in [0.1, 0.15) is 31.2 Å². The van der Waals surface area contributed by atoms with E-state index in [1.165, 1.54) is 0 Å². The molecule has 0 saturated heterocycles. The standard InChI is InChI=1S/C15H19ClN2OS/c1-15(2,3)18-7-11-6-12(16)4-5-14(11)19-9-13-8-17-10-20-13/h4-6,8,10,18H,7,9H2,1-3H3. The van der Waals surface area contributed by atoms with E-state index in [9.17, 15) is 0 Å². The molecule has 0 amide bonds. The first-order valence-corrected chi connectivity index (χ1v) is 7.73. The van der Waals surface area contributed by atoms with Gasteiger partial charge in [0.2, 0.25) is 0 Å². The van der Waals surface area contributed by atoms with E-state index in [-0.39, 0.29) is 5.54 Å². The van der Waals surface area contributed by atoms with Crippen LogP contribution >= 0.6 is 22.9 Å². The highest BCUT2D eigenvalue weighted by Gasteiger charge is 2.12. The monoisotopic (exact) mass is 310 g/mol. The van der Waals surface area contributed by atoms with Crippen molar-refractivity contribution >= 4 is 22.9 Å². The lowest BCUT2D eigenvalue weighted by Crippen LogP contribution is -2.35. The predicted octanol–water partition coefficient (Wildman–Crippen LogP) is 4.26. The van der Waals surface area contributed by atoms with Gasteiger partial charge in [0, 0.05) is 28.9 Å². The number of halogens is 1. The molecule has 0 atom stereocenters. The maximum absolute atomic E-state index is 6.08. The maximum atomic E-state index is 6.08. The third-order valence-electron chi connectivity index (χ3n) is 2.69. The van der Waals surface area contributed by atoms with E-state index in [2.05, 4.69) is 31.1 Å². The second-order valence-electron chi connectivity index (χ2n) is 5.61. The zero-order valence-electron chi connectivity index (χ0n) is 11.9. The van der Waals surface area contributed by atoms with Crippen molar-refractivity contribution in [2.75, 3.05) is 0 Å². The Kier molecular flexibility index (Phi) is 5.02. The SMILES string of the molecule is CC(C)(C)NCc1cc(Cl)ccc1OCc1cncs1. The summed E-state index contributed by atoms with van der Waals surface area (Å²) in [7, 11) is 0. The summed E-state index contributed by atoms with van der Waals surface area (Å²) in [4.78, 5) is 5.15. The van der Waals surface area contributed by atoms with E-state index in [4.69, 9.17) is 16.3 Å². The van der Waals surface area contributed by atoms with Gasteiger partial charge in [0.25, 0.3) is 0 Å². The molecule has 2 aromatic rings. The summed E-state index contributed by atoms with van der Waals surface area (Å²) in [6.45, 7) is 7.66. The molecule has 2 rings (SSSR count). The molecule has 108 valence electrons. The van der Waals surface area contributed by atoms with Gasteiger partial charge < -0.3 is 10.1 Å². The van der Waals surface area contributed by atoms with Gasteiger partial charge in [-0.15, -0.1) is 11.3 Å². The fourth-order valence-corrected chi connectivity index (χ4v) is 2.35. The van der Waals surface area contributed by atoms with E-state index >= 15 is 0 Å². The van der Waals surface area contributed by atoms with Crippen LogP contribution < -0.4 is 10.1 Å². The van der Waals surface area contributed by atoms with Crippen molar-refractivity contribution in [3.8, 4) is 5.75 Å². The number of thiazole rings is 1. The van der Waals surface area contributed by atoms with E-state index in [1.54, 1.807) is 11.3 Å². The average Bonchev–Trinajstić information content (AvgIpc) is 2.87. The van der Waals surface area contributed by atoms with Crippen LogP contribution in [0.2, 0.25) is 5.02 Å². The van der Waals surface area contributed by atoms with Gasteiger partial charge in [-0.3, -0.25) is 4.98 Å². The smallest absolute Gasteiger partial charge is 0.124 e. The molecule has 0 saturated carbocycles. The van der Waals surface area contributed by atoms with Crippen LogP contribution in [0.5, 0.6) is 5.75 Å². The molecule has 0 aliphatic rings. The van der Waals surface area contributed by atoms with Gasteiger partial charge in [0.1, 0.15) is 12.4 Å². The second kappa shape index (κ2) is 6.57. The van der Waals surface area contributed by atoms with Gasteiger partial charge in [-0.25, -0.2) is 0 Å². The Labute approximate surface area is 129 Å². The summed E-state index contributed by atoms with van der Waals surface area (Å²) in [5, 5.41) is 4.17. The summed E-state index contributed by atoms with van der Waals surface area (Å²) in [5.74, 6) is 0.861. The van der Waals surface area contributed by atoms with Crippen LogP contribution in [0.15, 0.2) is 29.9 Å². The van der Waals surface area contributed by atoms with E-state index in [1.807, 2.05) is 29.9 Å². The predicted molar refractivity (Wildman–Crippen MR) is 84.5 cm³/mol. The van der Waals surface area contributed by atoms with Crippen LogP contribution in [0.3, 0.4) is 0 Å². The highest BCUT2D eigenvalue weighted by Crippen LogP contribution is 2.24. The quantitative estimate of drug-likeness (QED) is 0.896. The van der Waals surface area contributed by atoms with E-state index < -0.39 is 0 Å². The van der Waals surface area contributed by atoms with Crippen molar-refractivity contribution in [3.05, 3.63) is 45.4 Å². The van der Waals surface area contributed by atoms with Crippen LogP contribution in [0, 0.1) is 0 Å². The van der Waals surface area contributed by atoms with Gasteiger partial charge in [-0.2, -0.15) is 0 Å². The lowest BCUT2D eigenvalue weighted by Gasteiger charge is -2.21. The largest absolute Gasteiger partial charge is 0.488 e. The molecule has 1 N–H and O–H groups in total. The Hall–Kier alpha value is -1.10. The number of nitrogens with one attached hydrogen (secondary N) is 1. The molecule has 0 spiro atoms. The highest BCUT2D eigenvalue weighted by molar-refractivity contribution is 7.09. The van der Waals surface area contributed by atoms with Gasteiger partial charge in [-0.05, 0) is 39.0 Å². The maximum Gasteiger partial charge on any atom is 0.124 e. The molecule has 0 aliphatic carbocycles. The molecule has 20 heavy (non-hydrogen) atoms. The Morgan fingerprint density at radius 2 is 2.15 bits per heavy atom. The first kappa shape index (κ1) is 15.3. The van der Waals surface area contributed by atoms with Crippen molar-refractivity contribution in [1.82, 2.24) is 10.3 Å². The topological polar surface area (TPSA) is 34.1 Å². The Morgan fingerprint density at radius 1 is 1.35 bits per heavy atom. The minimum atomic E-state index is 0.0528. The van der Waals surface area contributed by atoms with E-state index in [0.717, 1.165) is 27.8 Å². The van der Waals surface area contributed by atoms with Crippen LogP contribution in [0.4, 0.5) is 0 Å².